The summed E-state index contributed by atoms with van der Waals surface area (Å²) in [4.78, 5) is 11.6. The van der Waals surface area contributed by atoms with E-state index in [1.54, 1.807) is 13.0 Å². The Morgan fingerprint density at radius 2 is 1.72 bits per heavy atom. The minimum Gasteiger partial charge on any atom is -0.348 e. The summed E-state index contributed by atoms with van der Waals surface area (Å²) in [6, 6.07) is 8.93. The number of benzene rings is 2. The fraction of sp³-hybridized carbons (Fsp3) is 0.235. The largest absolute Gasteiger partial charge is 0.348 e. The molecular formula is C17H18F2N2O3S. The molecule has 0 aliphatic rings. The Morgan fingerprint density at radius 1 is 1.04 bits per heavy atom. The topological polar surface area (TPSA) is 75.3 Å². The van der Waals surface area contributed by atoms with Crippen molar-refractivity contribution in [3.8, 4) is 0 Å². The third-order valence-electron chi connectivity index (χ3n) is 3.56. The summed E-state index contributed by atoms with van der Waals surface area (Å²) in [5.74, 6) is -1.96. The smallest absolute Gasteiger partial charge is 0.244 e. The molecule has 2 atom stereocenters. The first-order valence-electron chi connectivity index (χ1n) is 7.53. The van der Waals surface area contributed by atoms with E-state index in [-0.39, 0.29) is 0 Å². The Kier molecular flexibility index (Phi) is 5.86. The van der Waals surface area contributed by atoms with Crippen molar-refractivity contribution in [2.75, 3.05) is 0 Å². The van der Waals surface area contributed by atoms with E-state index in [4.69, 9.17) is 0 Å². The standard InChI is InChI=1S/C17H18F2N2O3S/c1-11(13-6-5-7-14(18)10-13)20-17(22)12(2)21-25(23,24)16-9-4-3-8-15(16)19/h3-12,21H,1-2H3,(H,20,22)/t11?,12-/m0/s1. The van der Waals surface area contributed by atoms with Crippen molar-refractivity contribution in [1.82, 2.24) is 10.0 Å². The SMILES string of the molecule is CC(NC(=O)[C@H](C)NS(=O)(=O)c1ccccc1F)c1cccc(F)c1. The molecule has 2 aromatic carbocycles. The van der Waals surface area contributed by atoms with E-state index < -0.39 is 44.5 Å². The van der Waals surface area contributed by atoms with Crippen LogP contribution in [0.3, 0.4) is 0 Å². The molecule has 0 fully saturated rings. The van der Waals surface area contributed by atoms with Crippen LogP contribution in [0.1, 0.15) is 25.5 Å². The van der Waals surface area contributed by atoms with Crippen molar-refractivity contribution < 1.29 is 22.0 Å². The van der Waals surface area contributed by atoms with Crippen molar-refractivity contribution >= 4 is 15.9 Å². The van der Waals surface area contributed by atoms with E-state index in [1.165, 1.54) is 37.3 Å². The lowest BCUT2D eigenvalue weighted by Crippen LogP contribution is -2.45. The summed E-state index contributed by atoms with van der Waals surface area (Å²) >= 11 is 0. The molecule has 2 N–H and O–H groups in total. The molecule has 0 bridgehead atoms. The van der Waals surface area contributed by atoms with Crippen LogP contribution in [0.2, 0.25) is 0 Å². The van der Waals surface area contributed by atoms with Crippen LogP contribution in [0.4, 0.5) is 8.78 Å². The highest BCUT2D eigenvalue weighted by molar-refractivity contribution is 7.89. The Morgan fingerprint density at radius 3 is 2.36 bits per heavy atom. The molecule has 0 heterocycles. The van der Waals surface area contributed by atoms with Gasteiger partial charge in [-0.15, -0.1) is 0 Å². The highest BCUT2D eigenvalue weighted by Gasteiger charge is 2.25. The first-order chi connectivity index (χ1) is 11.7. The first kappa shape index (κ1) is 19.0. The van der Waals surface area contributed by atoms with Gasteiger partial charge in [-0.3, -0.25) is 4.79 Å². The van der Waals surface area contributed by atoms with E-state index in [9.17, 15) is 22.0 Å². The molecular weight excluding hydrogens is 350 g/mol. The molecule has 2 aromatic rings. The predicted molar refractivity (Wildman–Crippen MR) is 89.1 cm³/mol. The second kappa shape index (κ2) is 7.71. The van der Waals surface area contributed by atoms with Crippen LogP contribution in [-0.4, -0.2) is 20.4 Å². The third kappa shape index (κ3) is 4.83. The van der Waals surface area contributed by atoms with E-state index in [1.807, 2.05) is 0 Å². The van der Waals surface area contributed by atoms with Crippen molar-refractivity contribution in [3.05, 3.63) is 65.7 Å². The van der Waals surface area contributed by atoms with Gasteiger partial charge in [0.1, 0.15) is 16.5 Å². The molecule has 0 radical (unpaired) electrons. The molecule has 1 unspecified atom stereocenters. The van der Waals surface area contributed by atoms with Crippen LogP contribution in [-0.2, 0) is 14.8 Å². The van der Waals surface area contributed by atoms with Crippen LogP contribution in [0.5, 0.6) is 0 Å². The molecule has 5 nitrogen and oxygen atoms in total. The zero-order chi connectivity index (χ0) is 18.6. The van der Waals surface area contributed by atoms with Crippen LogP contribution < -0.4 is 10.0 Å². The second-order valence-electron chi connectivity index (χ2n) is 5.56. The lowest BCUT2D eigenvalue weighted by Gasteiger charge is -2.19. The molecule has 1 amide bonds. The zero-order valence-electron chi connectivity index (χ0n) is 13.7. The molecule has 2 rings (SSSR count). The lowest BCUT2D eigenvalue weighted by molar-refractivity contribution is -0.123. The molecule has 0 aliphatic heterocycles. The maximum absolute atomic E-state index is 13.7. The fourth-order valence-corrected chi connectivity index (χ4v) is 3.49. The van der Waals surface area contributed by atoms with Crippen molar-refractivity contribution in [1.29, 1.82) is 0 Å². The minimum absolute atomic E-state index is 0.438. The Bertz CT molecular complexity index is 872. The number of sulfonamides is 1. The second-order valence-corrected chi connectivity index (χ2v) is 7.24. The summed E-state index contributed by atoms with van der Waals surface area (Å²) in [6.07, 6.45) is 0. The first-order valence-corrected chi connectivity index (χ1v) is 9.01. The number of rotatable bonds is 6. The number of amides is 1. The van der Waals surface area contributed by atoms with Gasteiger partial charge in [0.15, 0.2) is 0 Å². The average Bonchev–Trinajstić information content (AvgIpc) is 2.54. The summed E-state index contributed by atoms with van der Waals surface area (Å²) in [5.41, 5.74) is 0.539. The van der Waals surface area contributed by atoms with Gasteiger partial charge >= 0.3 is 0 Å². The van der Waals surface area contributed by atoms with Gasteiger partial charge in [-0.05, 0) is 43.7 Å². The highest BCUT2D eigenvalue weighted by Crippen LogP contribution is 2.15. The monoisotopic (exact) mass is 368 g/mol. The van der Waals surface area contributed by atoms with Crippen LogP contribution in [0.15, 0.2) is 53.4 Å². The Hall–Kier alpha value is -2.32. The Balaban J connectivity index is 2.06. The van der Waals surface area contributed by atoms with Gasteiger partial charge in [-0.1, -0.05) is 24.3 Å². The highest BCUT2D eigenvalue weighted by atomic mass is 32.2. The third-order valence-corrected chi connectivity index (χ3v) is 5.13. The van der Waals surface area contributed by atoms with Crippen LogP contribution in [0, 0.1) is 11.6 Å². The normalized spacial score (nSPS) is 13.9. The maximum Gasteiger partial charge on any atom is 0.244 e. The summed E-state index contributed by atoms with van der Waals surface area (Å²) < 4.78 is 53.4. The molecule has 0 aromatic heterocycles. The molecule has 134 valence electrons. The average molecular weight is 368 g/mol. The number of hydrogen-bond acceptors (Lipinski definition) is 3. The van der Waals surface area contributed by atoms with Gasteiger partial charge in [0.05, 0.1) is 12.1 Å². The van der Waals surface area contributed by atoms with Gasteiger partial charge in [0, 0.05) is 0 Å². The number of carbonyl (C=O) groups excluding carboxylic acids is 1. The van der Waals surface area contributed by atoms with E-state index in [2.05, 4.69) is 10.0 Å². The number of halogens is 2. The number of hydrogen-bond donors (Lipinski definition) is 2. The quantitative estimate of drug-likeness (QED) is 0.823. The molecule has 0 spiro atoms. The molecule has 0 saturated heterocycles. The predicted octanol–water partition coefficient (Wildman–Crippen LogP) is 2.51. The Labute approximate surface area is 145 Å². The van der Waals surface area contributed by atoms with Crippen molar-refractivity contribution in [3.63, 3.8) is 0 Å². The minimum atomic E-state index is -4.19. The maximum atomic E-state index is 13.7. The molecule has 8 heteroatoms. The van der Waals surface area contributed by atoms with Gasteiger partial charge in [0.25, 0.3) is 0 Å². The lowest BCUT2D eigenvalue weighted by atomic mass is 10.1. The van der Waals surface area contributed by atoms with Gasteiger partial charge < -0.3 is 5.32 Å². The van der Waals surface area contributed by atoms with E-state index in [0.717, 1.165) is 12.1 Å². The van der Waals surface area contributed by atoms with E-state index in [0.29, 0.717) is 5.56 Å². The fourth-order valence-electron chi connectivity index (χ4n) is 2.21. The van der Waals surface area contributed by atoms with Crippen LogP contribution in [0.25, 0.3) is 0 Å². The van der Waals surface area contributed by atoms with Crippen molar-refractivity contribution in [2.24, 2.45) is 0 Å². The summed E-state index contributed by atoms with van der Waals surface area (Å²) in [6.45, 7) is 2.98. The van der Waals surface area contributed by atoms with E-state index >= 15 is 0 Å². The molecule has 25 heavy (non-hydrogen) atoms. The van der Waals surface area contributed by atoms with Crippen molar-refractivity contribution in [2.45, 2.75) is 30.8 Å². The van der Waals surface area contributed by atoms with Gasteiger partial charge in [-0.2, -0.15) is 4.72 Å². The van der Waals surface area contributed by atoms with Gasteiger partial charge in [0.2, 0.25) is 15.9 Å². The molecule has 0 aliphatic carbocycles. The number of nitrogens with one attached hydrogen (secondary N) is 2. The summed E-state index contributed by atoms with van der Waals surface area (Å²) in [7, 11) is -4.19. The molecule has 0 saturated carbocycles. The number of carbonyl (C=O) groups is 1. The van der Waals surface area contributed by atoms with Crippen LogP contribution >= 0.6 is 0 Å². The summed E-state index contributed by atoms with van der Waals surface area (Å²) in [5, 5.41) is 2.59. The van der Waals surface area contributed by atoms with Gasteiger partial charge in [-0.25, -0.2) is 17.2 Å². The zero-order valence-corrected chi connectivity index (χ0v) is 14.5.